The Morgan fingerprint density at radius 3 is 2.71 bits per heavy atom. The van der Waals surface area contributed by atoms with Crippen molar-refractivity contribution in [2.24, 2.45) is 5.92 Å². The second-order valence-corrected chi connectivity index (χ2v) is 8.10. The molecule has 4 rings (SSSR count). The van der Waals surface area contributed by atoms with Gasteiger partial charge in [-0.3, -0.25) is 19.7 Å². The summed E-state index contributed by atoms with van der Waals surface area (Å²) in [5, 5.41) is 10.8. The number of carbonyl (C=O) groups excluding carboxylic acids is 2. The van der Waals surface area contributed by atoms with Crippen LogP contribution in [-0.2, 0) is 11.2 Å². The Morgan fingerprint density at radius 2 is 1.94 bits per heavy atom. The van der Waals surface area contributed by atoms with E-state index in [2.05, 4.69) is 20.5 Å². The number of nitrogens with zero attached hydrogens (tertiary/aromatic N) is 3. The van der Waals surface area contributed by atoms with Crippen molar-refractivity contribution in [1.29, 1.82) is 0 Å². The SMILES string of the molecule is O=C(NCCc1ccc(Cl)cc1)C1CCCN(C(=O)c2cc(-c3ccncc3)n[nH]2)C1. The van der Waals surface area contributed by atoms with E-state index in [1.807, 2.05) is 36.4 Å². The number of hydrogen-bond acceptors (Lipinski definition) is 4. The summed E-state index contributed by atoms with van der Waals surface area (Å²) in [5.74, 6) is -0.342. The second-order valence-electron chi connectivity index (χ2n) is 7.66. The molecule has 0 aliphatic carbocycles. The first-order valence-electron chi connectivity index (χ1n) is 10.4. The van der Waals surface area contributed by atoms with Crippen molar-refractivity contribution < 1.29 is 9.59 Å². The average molecular weight is 438 g/mol. The lowest BCUT2D eigenvalue weighted by Gasteiger charge is -2.31. The number of nitrogens with one attached hydrogen (secondary N) is 2. The molecule has 0 radical (unpaired) electrons. The van der Waals surface area contributed by atoms with Crippen molar-refractivity contribution in [1.82, 2.24) is 25.4 Å². The molecule has 2 amide bonds. The first-order chi connectivity index (χ1) is 15.1. The normalized spacial score (nSPS) is 16.2. The highest BCUT2D eigenvalue weighted by atomic mass is 35.5. The highest BCUT2D eigenvalue weighted by Gasteiger charge is 2.29. The Morgan fingerprint density at radius 1 is 1.16 bits per heavy atom. The third-order valence-electron chi connectivity index (χ3n) is 5.49. The molecular formula is C23H24ClN5O2. The molecule has 0 bridgehead atoms. The molecule has 7 nitrogen and oxygen atoms in total. The molecule has 31 heavy (non-hydrogen) atoms. The monoisotopic (exact) mass is 437 g/mol. The Hall–Kier alpha value is -3.19. The zero-order chi connectivity index (χ0) is 21.6. The smallest absolute Gasteiger partial charge is 0.271 e. The number of amides is 2. The molecule has 0 spiro atoms. The van der Waals surface area contributed by atoms with Gasteiger partial charge in [0, 0.05) is 42.6 Å². The molecule has 2 aromatic heterocycles. The highest BCUT2D eigenvalue weighted by molar-refractivity contribution is 6.30. The van der Waals surface area contributed by atoms with E-state index in [0.717, 1.165) is 30.4 Å². The average Bonchev–Trinajstić information content (AvgIpc) is 3.31. The number of H-pyrrole nitrogens is 1. The summed E-state index contributed by atoms with van der Waals surface area (Å²) in [6.07, 6.45) is 5.69. The summed E-state index contributed by atoms with van der Waals surface area (Å²) in [6.45, 7) is 1.60. The number of benzene rings is 1. The molecule has 2 N–H and O–H groups in total. The quantitative estimate of drug-likeness (QED) is 0.618. The lowest BCUT2D eigenvalue weighted by Crippen LogP contribution is -2.45. The van der Waals surface area contributed by atoms with Crippen LogP contribution in [0, 0.1) is 5.92 Å². The van der Waals surface area contributed by atoms with E-state index in [9.17, 15) is 9.59 Å². The summed E-state index contributed by atoms with van der Waals surface area (Å²) in [6, 6.07) is 13.0. The van der Waals surface area contributed by atoms with Crippen molar-refractivity contribution in [2.75, 3.05) is 19.6 Å². The van der Waals surface area contributed by atoms with Gasteiger partial charge in [-0.05, 0) is 55.2 Å². The zero-order valence-electron chi connectivity index (χ0n) is 17.1. The number of aromatic amines is 1. The lowest BCUT2D eigenvalue weighted by atomic mass is 9.96. The fourth-order valence-corrected chi connectivity index (χ4v) is 3.90. The van der Waals surface area contributed by atoms with Gasteiger partial charge < -0.3 is 10.2 Å². The van der Waals surface area contributed by atoms with E-state index in [1.54, 1.807) is 23.4 Å². The molecular weight excluding hydrogens is 414 g/mol. The highest BCUT2D eigenvalue weighted by Crippen LogP contribution is 2.21. The van der Waals surface area contributed by atoms with Crippen LogP contribution < -0.4 is 5.32 Å². The van der Waals surface area contributed by atoms with E-state index in [-0.39, 0.29) is 17.7 Å². The minimum Gasteiger partial charge on any atom is -0.355 e. The molecule has 1 unspecified atom stereocenters. The molecule has 1 aromatic carbocycles. The van der Waals surface area contributed by atoms with Crippen molar-refractivity contribution in [3.8, 4) is 11.3 Å². The summed E-state index contributed by atoms with van der Waals surface area (Å²) in [5.41, 5.74) is 3.13. The fraction of sp³-hybridized carbons (Fsp3) is 0.304. The van der Waals surface area contributed by atoms with Crippen LogP contribution >= 0.6 is 11.6 Å². The van der Waals surface area contributed by atoms with Crippen LogP contribution in [0.1, 0.15) is 28.9 Å². The predicted molar refractivity (Wildman–Crippen MR) is 119 cm³/mol. The van der Waals surface area contributed by atoms with Gasteiger partial charge in [-0.1, -0.05) is 23.7 Å². The maximum absolute atomic E-state index is 12.9. The molecule has 1 aliphatic rings. The first kappa shape index (κ1) is 21.1. The first-order valence-corrected chi connectivity index (χ1v) is 10.7. The van der Waals surface area contributed by atoms with Crippen LogP contribution in [0.5, 0.6) is 0 Å². The van der Waals surface area contributed by atoms with Crippen LogP contribution in [0.15, 0.2) is 54.9 Å². The minimum atomic E-state index is -0.203. The summed E-state index contributed by atoms with van der Waals surface area (Å²) in [7, 11) is 0. The number of halogens is 1. The number of hydrogen-bond donors (Lipinski definition) is 2. The number of carbonyl (C=O) groups is 2. The van der Waals surface area contributed by atoms with Crippen LogP contribution in [0.3, 0.4) is 0 Å². The van der Waals surface area contributed by atoms with Gasteiger partial charge in [0.15, 0.2) is 0 Å². The maximum Gasteiger partial charge on any atom is 0.271 e. The van der Waals surface area contributed by atoms with Crippen molar-refractivity contribution in [3.63, 3.8) is 0 Å². The summed E-state index contributed by atoms with van der Waals surface area (Å²) in [4.78, 5) is 31.3. The van der Waals surface area contributed by atoms with E-state index >= 15 is 0 Å². The van der Waals surface area contributed by atoms with Crippen molar-refractivity contribution in [2.45, 2.75) is 19.3 Å². The lowest BCUT2D eigenvalue weighted by molar-refractivity contribution is -0.126. The Balaban J connectivity index is 1.31. The molecule has 8 heteroatoms. The maximum atomic E-state index is 12.9. The number of rotatable bonds is 6. The fourth-order valence-electron chi connectivity index (χ4n) is 3.77. The van der Waals surface area contributed by atoms with Gasteiger partial charge in [0.25, 0.3) is 5.91 Å². The Labute approximate surface area is 185 Å². The van der Waals surface area contributed by atoms with E-state index < -0.39 is 0 Å². The van der Waals surface area contributed by atoms with Crippen molar-refractivity contribution >= 4 is 23.4 Å². The number of aromatic nitrogens is 3. The van der Waals surface area contributed by atoms with E-state index in [4.69, 9.17) is 11.6 Å². The van der Waals surface area contributed by atoms with Gasteiger partial charge in [-0.15, -0.1) is 0 Å². The number of pyridine rings is 1. The van der Waals surface area contributed by atoms with Gasteiger partial charge in [0.05, 0.1) is 11.6 Å². The van der Waals surface area contributed by atoms with Crippen LogP contribution in [0.4, 0.5) is 0 Å². The zero-order valence-corrected chi connectivity index (χ0v) is 17.8. The molecule has 1 fully saturated rings. The third-order valence-corrected chi connectivity index (χ3v) is 5.74. The topological polar surface area (TPSA) is 91.0 Å². The number of likely N-dealkylation sites (tertiary alicyclic amines) is 1. The standard InChI is InChI=1S/C23H24ClN5O2/c24-19-5-3-16(4-6-19)7-12-26-22(30)18-2-1-13-29(15-18)23(31)21-14-20(27-28-21)17-8-10-25-11-9-17/h3-6,8-11,14,18H,1-2,7,12-13,15H2,(H,26,30)(H,27,28). The van der Waals surface area contributed by atoms with Gasteiger partial charge in [0.2, 0.25) is 5.91 Å². The van der Waals surface area contributed by atoms with E-state index in [0.29, 0.717) is 36.0 Å². The van der Waals surface area contributed by atoms with Gasteiger partial charge in [-0.2, -0.15) is 5.10 Å². The number of piperidine rings is 1. The predicted octanol–water partition coefficient (Wildman–Crippen LogP) is 3.34. The molecule has 1 aliphatic heterocycles. The Kier molecular flexibility index (Phi) is 6.62. The third kappa shape index (κ3) is 5.30. The largest absolute Gasteiger partial charge is 0.355 e. The van der Waals surface area contributed by atoms with Gasteiger partial charge in [0.1, 0.15) is 5.69 Å². The molecule has 160 valence electrons. The molecule has 0 saturated carbocycles. The summed E-state index contributed by atoms with van der Waals surface area (Å²) < 4.78 is 0. The summed E-state index contributed by atoms with van der Waals surface area (Å²) >= 11 is 5.90. The second kappa shape index (κ2) is 9.75. The van der Waals surface area contributed by atoms with Crippen LogP contribution in [0.25, 0.3) is 11.3 Å². The molecule has 3 heterocycles. The molecule has 3 aromatic rings. The minimum absolute atomic E-state index is 0.00597. The Bertz CT molecular complexity index is 1040. The molecule has 1 saturated heterocycles. The van der Waals surface area contributed by atoms with Gasteiger partial charge in [-0.25, -0.2) is 0 Å². The van der Waals surface area contributed by atoms with Crippen LogP contribution in [-0.4, -0.2) is 51.5 Å². The van der Waals surface area contributed by atoms with Gasteiger partial charge >= 0.3 is 0 Å². The van der Waals surface area contributed by atoms with E-state index in [1.165, 1.54) is 0 Å². The molecule has 1 atom stereocenters. The van der Waals surface area contributed by atoms with Crippen LogP contribution in [0.2, 0.25) is 5.02 Å². The van der Waals surface area contributed by atoms with Crippen molar-refractivity contribution in [3.05, 3.63) is 71.1 Å².